The lowest BCUT2D eigenvalue weighted by atomic mass is 10.1. The highest BCUT2D eigenvalue weighted by atomic mass is 35.5. The van der Waals surface area contributed by atoms with Crippen LogP contribution in [0.1, 0.15) is 12.8 Å². The van der Waals surface area contributed by atoms with Gasteiger partial charge in [0, 0.05) is 57.9 Å². The van der Waals surface area contributed by atoms with E-state index in [9.17, 15) is 4.79 Å². The maximum Gasteiger partial charge on any atom is 0.223 e. The van der Waals surface area contributed by atoms with Crippen molar-refractivity contribution in [1.29, 1.82) is 0 Å². The standard InChI is InChI=1S/C19H30N4O.2ClH/c1-20-15-17-7-10-23(16-17)19(24)8-9-21-11-13-22(14-12-21)18-5-3-2-4-6-18;;/h2-6,17,20H,7-16H2,1H3;2*1H. The topological polar surface area (TPSA) is 38.8 Å². The summed E-state index contributed by atoms with van der Waals surface area (Å²) in [4.78, 5) is 19.3. The minimum absolute atomic E-state index is 0. The number of halogens is 2. The van der Waals surface area contributed by atoms with Gasteiger partial charge in [-0.15, -0.1) is 24.8 Å². The molecule has 1 amide bonds. The summed E-state index contributed by atoms with van der Waals surface area (Å²) >= 11 is 0. The fraction of sp³-hybridized carbons (Fsp3) is 0.632. The Labute approximate surface area is 169 Å². The Bertz CT molecular complexity index is 524. The molecule has 1 atom stereocenters. The van der Waals surface area contributed by atoms with Gasteiger partial charge in [0.1, 0.15) is 0 Å². The van der Waals surface area contributed by atoms with Crippen molar-refractivity contribution in [2.24, 2.45) is 5.92 Å². The average molecular weight is 403 g/mol. The smallest absolute Gasteiger partial charge is 0.223 e. The molecule has 0 saturated carbocycles. The molecule has 26 heavy (non-hydrogen) atoms. The number of carbonyl (C=O) groups is 1. The largest absolute Gasteiger partial charge is 0.369 e. The first-order valence-electron chi connectivity index (χ1n) is 9.21. The van der Waals surface area contributed by atoms with E-state index in [4.69, 9.17) is 0 Å². The summed E-state index contributed by atoms with van der Waals surface area (Å²) in [5.74, 6) is 0.965. The molecule has 2 fully saturated rings. The number of hydrogen-bond donors (Lipinski definition) is 1. The lowest BCUT2D eigenvalue weighted by Crippen LogP contribution is -2.47. The molecule has 0 bridgehead atoms. The Morgan fingerprint density at radius 2 is 1.77 bits per heavy atom. The van der Waals surface area contributed by atoms with E-state index >= 15 is 0 Å². The number of para-hydroxylation sites is 1. The fourth-order valence-corrected chi connectivity index (χ4v) is 3.79. The van der Waals surface area contributed by atoms with Crippen LogP contribution in [0.15, 0.2) is 30.3 Å². The third-order valence-corrected chi connectivity index (χ3v) is 5.27. The Morgan fingerprint density at radius 3 is 2.42 bits per heavy atom. The number of benzene rings is 1. The van der Waals surface area contributed by atoms with Crippen LogP contribution in [0.5, 0.6) is 0 Å². The molecule has 2 saturated heterocycles. The van der Waals surface area contributed by atoms with E-state index in [0.717, 1.165) is 58.8 Å². The molecule has 1 unspecified atom stereocenters. The molecule has 148 valence electrons. The third-order valence-electron chi connectivity index (χ3n) is 5.27. The van der Waals surface area contributed by atoms with Gasteiger partial charge < -0.3 is 15.1 Å². The van der Waals surface area contributed by atoms with Crippen molar-refractivity contribution in [1.82, 2.24) is 15.1 Å². The van der Waals surface area contributed by atoms with E-state index in [0.29, 0.717) is 18.2 Å². The molecule has 1 aromatic carbocycles. The van der Waals surface area contributed by atoms with E-state index < -0.39 is 0 Å². The number of nitrogens with zero attached hydrogens (tertiary/aromatic N) is 3. The molecule has 0 radical (unpaired) electrons. The zero-order valence-electron chi connectivity index (χ0n) is 15.6. The summed E-state index contributed by atoms with van der Waals surface area (Å²) in [5, 5.41) is 3.22. The highest BCUT2D eigenvalue weighted by Gasteiger charge is 2.26. The molecule has 2 aliphatic heterocycles. The van der Waals surface area contributed by atoms with E-state index in [1.54, 1.807) is 0 Å². The molecule has 5 nitrogen and oxygen atoms in total. The first-order valence-corrected chi connectivity index (χ1v) is 9.21. The van der Waals surface area contributed by atoms with Gasteiger partial charge in [0.25, 0.3) is 0 Å². The second-order valence-corrected chi connectivity index (χ2v) is 6.97. The maximum absolute atomic E-state index is 12.4. The first kappa shape index (κ1) is 23.0. The van der Waals surface area contributed by atoms with Crippen molar-refractivity contribution in [3.8, 4) is 0 Å². The fourth-order valence-electron chi connectivity index (χ4n) is 3.79. The van der Waals surface area contributed by atoms with E-state index in [2.05, 4.69) is 50.3 Å². The van der Waals surface area contributed by atoms with Crippen molar-refractivity contribution >= 4 is 36.4 Å². The van der Waals surface area contributed by atoms with Crippen molar-refractivity contribution in [2.45, 2.75) is 12.8 Å². The summed E-state index contributed by atoms with van der Waals surface area (Å²) < 4.78 is 0. The molecule has 2 heterocycles. The molecule has 1 aromatic rings. The normalized spacial score (nSPS) is 20.4. The lowest BCUT2D eigenvalue weighted by Gasteiger charge is -2.36. The number of rotatable bonds is 6. The average Bonchev–Trinajstić information content (AvgIpc) is 3.10. The monoisotopic (exact) mass is 402 g/mol. The third kappa shape index (κ3) is 6.31. The van der Waals surface area contributed by atoms with Crippen molar-refractivity contribution < 1.29 is 4.79 Å². The van der Waals surface area contributed by atoms with Gasteiger partial charge in [-0.25, -0.2) is 0 Å². The van der Waals surface area contributed by atoms with Gasteiger partial charge in [-0.05, 0) is 38.1 Å². The van der Waals surface area contributed by atoms with Gasteiger partial charge in [0.05, 0.1) is 0 Å². The second kappa shape index (κ2) is 11.7. The molecule has 1 N–H and O–H groups in total. The molecule has 2 aliphatic rings. The number of amides is 1. The Balaban J connectivity index is 0.00000169. The van der Waals surface area contributed by atoms with E-state index in [1.165, 1.54) is 5.69 Å². The van der Waals surface area contributed by atoms with Gasteiger partial charge in [0.2, 0.25) is 5.91 Å². The SMILES string of the molecule is CNCC1CCN(C(=O)CCN2CCN(c3ccccc3)CC2)C1.Cl.Cl. The van der Waals surface area contributed by atoms with Gasteiger partial charge >= 0.3 is 0 Å². The van der Waals surface area contributed by atoms with Gasteiger partial charge in [-0.3, -0.25) is 9.69 Å². The van der Waals surface area contributed by atoms with Crippen LogP contribution >= 0.6 is 24.8 Å². The highest BCUT2D eigenvalue weighted by Crippen LogP contribution is 2.18. The Kier molecular flexibility index (Phi) is 10.3. The predicted molar refractivity (Wildman–Crippen MR) is 113 cm³/mol. The van der Waals surface area contributed by atoms with Gasteiger partial charge in [-0.2, -0.15) is 0 Å². The van der Waals surface area contributed by atoms with Crippen LogP contribution in [0.4, 0.5) is 5.69 Å². The van der Waals surface area contributed by atoms with Crippen LogP contribution in [0.3, 0.4) is 0 Å². The molecule has 0 aliphatic carbocycles. The lowest BCUT2D eigenvalue weighted by molar-refractivity contribution is -0.130. The zero-order valence-corrected chi connectivity index (χ0v) is 17.2. The molecule has 3 rings (SSSR count). The predicted octanol–water partition coefficient (Wildman–Crippen LogP) is 2.11. The molecular weight excluding hydrogens is 371 g/mol. The number of piperazine rings is 1. The van der Waals surface area contributed by atoms with E-state index in [1.807, 2.05) is 7.05 Å². The van der Waals surface area contributed by atoms with Crippen molar-refractivity contribution in [3.63, 3.8) is 0 Å². The van der Waals surface area contributed by atoms with Crippen LogP contribution in [0.25, 0.3) is 0 Å². The van der Waals surface area contributed by atoms with Crippen LogP contribution < -0.4 is 10.2 Å². The summed E-state index contributed by atoms with van der Waals surface area (Å²) in [6, 6.07) is 10.6. The number of carbonyl (C=O) groups excluding carboxylic acids is 1. The van der Waals surface area contributed by atoms with Crippen LogP contribution in [0.2, 0.25) is 0 Å². The number of anilines is 1. The van der Waals surface area contributed by atoms with Crippen LogP contribution in [-0.4, -0.2) is 75.1 Å². The molecule has 0 spiro atoms. The summed E-state index contributed by atoms with van der Waals surface area (Å²) in [6.45, 7) is 7.97. The summed E-state index contributed by atoms with van der Waals surface area (Å²) in [5.41, 5.74) is 1.31. The van der Waals surface area contributed by atoms with Crippen LogP contribution in [0, 0.1) is 5.92 Å². The quantitative estimate of drug-likeness (QED) is 0.790. The summed E-state index contributed by atoms with van der Waals surface area (Å²) in [6.07, 6.45) is 1.81. The molecule has 0 aromatic heterocycles. The highest BCUT2D eigenvalue weighted by molar-refractivity contribution is 5.85. The number of hydrogen-bond acceptors (Lipinski definition) is 4. The van der Waals surface area contributed by atoms with Gasteiger partial charge in [-0.1, -0.05) is 18.2 Å². The van der Waals surface area contributed by atoms with Crippen molar-refractivity contribution in [3.05, 3.63) is 30.3 Å². The second-order valence-electron chi connectivity index (χ2n) is 6.97. The summed E-state index contributed by atoms with van der Waals surface area (Å²) in [7, 11) is 1.99. The maximum atomic E-state index is 12.4. The molecular formula is C19H32Cl2N4O. The minimum atomic E-state index is 0. The van der Waals surface area contributed by atoms with Gasteiger partial charge in [0.15, 0.2) is 0 Å². The Morgan fingerprint density at radius 1 is 1.08 bits per heavy atom. The van der Waals surface area contributed by atoms with Crippen molar-refractivity contribution in [2.75, 3.05) is 64.3 Å². The zero-order chi connectivity index (χ0) is 16.8. The Hall–Kier alpha value is -1.01. The van der Waals surface area contributed by atoms with E-state index in [-0.39, 0.29) is 24.8 Å². The minimum Gasteiger partial charge on any atom is -0.369 e. The molecule has 7 heteroatoms. The number of nitrogens with one attached hydrogen (secondary N) is 1. The van der Waals surface area contributed by atoms with Crippen LogP contribution in [-0.2, 0) is 4.79 Å². The number of likely N-dealkylation sites (tertiary alicyclic amines) is 1. The first-order chi connectivity index (χ1) is 11.8.